The van der Waals surface area contributed by atoms with E-state index < -0.39 is 0 Å². The lowest BCUT2D eigenvalue weighted by Crippen LogP contribution is -2.56. The number of hydrogen-bond donors (Lipinski definition) is 0. The zero-order valence-electron chi connectivity index (χ0n) is 10.4. The minimum Gasteiger partial charge on any atom is -0.373 e. The lowest BCUT2D eigenvalue weighted by Gasteiger charge is -2.41. The molecule has 0 aromatic carbocycles. The second-order valence-corrected chi connectivity index (χ2v) is 7.34. The zero-order chi connectivity index (χ0) is 12.5. The highest BCUT2D eigenvalue weighted by atomic mass is 79.9. The first kappa shape index (κ1) is 13.7. The van der Waals surface area contributed by atoms with E-state index in [2.05, 4.69) is 29.8 Å². The minimum atomic E-state index is -0.192. The Hall–Kier alpha value is 0.260. The van der Waals surface area contributed by atoms with Crippen LogP contribution in [0.15, 0.2) is 0 Å². The van der Waals surface area contributed by atoms with Crippen LogP contribution in [-0.4, -0.2) is 51.9 Å². The molecule has 0 saturated carbocycles. The molecule has 2 saturated heterocycles. The summed E-state index contributed by atoms with van der Waals surface area (Å²) in [4.78, 5) is 14.6. The van der Waals surface area contributed by atoms with Gasteiger partial charge in [0.15, 0.2) is 0 Å². The average Bonchev–Trinajstić information content (AvgIpc) is 2.77. The maximum absolute atomic E-state index is 12.6. The van der Waals surface area contributed by atoms with Gasteiger partial charge in [0.25, 0.3) is 0 Å². The number of ether oxygens (including phenoxy) is 1. The summed E-state index contributed by atoms with van der Waals surface area (Å²) >= 11 is 5.25. The maximum Gasteiger partial charge on any atom is 0.238 e. The van der Waals surface area contributed by atoms with Gasteiger partial charge in [-0.2, -0.15) is 0 Å². The third-order valence-corrected chi connectivity index (χ3v) is 5.84. The molecule has 0 aromatic rings. The quantitative estimate of drug-likeness (QED) is 0.731. The Morgan fingerprint density at radius 3 is 3.00 bits per heavy atom. The number of thioether (sulfide) groups is 1. The summed E-state index contributed by atoms with van der Waals surface area (Å²) in [6.07, 6.45) is 2.32. The van der Waals surface area contributed by atoms with Gasteiger partial charge in [0.2, 0.25) is 5.91 Å². The Bertz CT molecular complexity index is 294. The van der Waals surface area contributed by atoms with Crippen LogP contribution in [0.3, 0.4) is 0 Å². The SMILES string of the molecule is CC1COC(CBr)CN1C(=O)C1(C)CCCS1. The molecular weight excluding hydrogens is 302 g/mol. The second kappa shape index (κ2) is 5.49. The number of carbonyl (C=O) groups excluding carboxylic acids is 1. The summed E-state index contributed by atoms with van der Waals surface area (Å²) in [5, 5.41) is 0.799. The summed E-state index contributed by atoms with van der Waals surface area (Å²) < 4.78 is 5.48. The monoisotopic (exact) mass is 321 g/mol. The molecule has 1 amide bonds. The van der Waals surface area contributed by atoms with Crippen LogP contribution in [-0.2, 0) is 9.53 Å². The summed E-state index contributed by atoms with van der Waals surface area (Å²) in [7, 11) is 0. The fraction of sp³-hybridized carbons (Fsp3) is 0.917. The topological polar surface area (TPSA) is 29.5 Å². The normalized spacial score (nSPS) is 38.4. The molecule has 0 N–H and O–H groups in total. The van der Waals surface area contributed by atoms with E-state index in [4.69, 9.17) is 4.74 Å². The smallest absolute Gasteiger partial charge is 0.238 e. The summed E-state index contributed by atoms with van der Waals surface area (Å²) in [6, 6.07) is 0.204. The lowest BCUT2D eigenvalue weighted by atomic mass is 10.0. The molecule has 3 atom stereocenters. The van der Waals surface area contributed by atoms with E-state index in [1.807, 2.05) is 16.7 Å². The van der Waals surface area contributed by atoms with Crippen molar-refractivity contribution in [1.29, 1.82) is 0 Å². The highest BCUT2D eigenvalue weighted by Crippen LogP contribution is 2.39. The van der Waals surface area contributed by atoms with Gasteiger partial charge in [-0.25, -0.2) is 0 Å². The lowest BCUT2D eigenvalue weighted by molar-refractivity contribution is -0.145. The van der Waals surface area contributed by atoms with Gasteiger partial charge in [-0.3, -0.25) is 4.79 Å². The molecule has 0 radical (unpaired) electrons. The van der Waals surface area contributed by atoms with E-state index in [-0.39, 0.29) is 16.9 Å². The Morgan fingerprint density at radius 2 is 2.41 bits per heavy atom. The van der Waals surface area contributed by atoms with E-state index in [0.29, 0.717) is 12.5 Å². The van der Waals surface area contributed by atoms with Crippen molar-refractivity contribution in [2.45, 2.75) is 43.6 Å². The van der Waals surface area contributed by atoms with Gasteiger partial charge in [-0.05, 0) is 32.4 Å². The van der Waals surface area contributed by atoms with Crippen molar-refractivity contribution in [3.63, 3.8) is 0 Å². The molecular formula is C12H20BrNO2S. The van der Waals surface area contributed by atoms with E-state index in [0.717, 1.165) is 30.5 Å². The zero-order valence-corrected chi connectivity index (χ0v) is 12.8. The molecule has 98 valence electrons. The highest BCUT2D eigenvalue weighted by Gasteiger charge is 2.42. The Balaban J connectivity index is 2.06. The average molecular weight is 322 g/mol. The van der Waals surface area contributed by atoms with Crippen molar-refractivity contribution < 1.29 is 9.53 Å². The van der Waals surface area contributed by atoms with Crippen molar-refractivity contribution in [1.82, 2.24) is 4.90 Å². The molecule has 0 aromatic heterocycles. The second-order valence-electron chi connectivity index (χ2n) is 5.10. The van der Waals surface area contributed by atoms with Gasteiger partial charge >= 0.3 is 0 Å². The number of halogens is 1. The van der Waals surface area contributed by atoms with Gasteiger partial charge in [0, 0.05) is 11.9 Å². The first-order chi connectivity index (χ1) is 8.07. The fourth-order valence-electron chi connectivity index (χ4n) is 2.45. The van der Waals surface area contributed by atoms with E-state index in [1.165, 1.54) is 0 Å². The van der Waals surface area contributed by atoms with Gasteiger partial charge < -0.3 is 9.64 Å². The number of alkyl halides is 1. The van der Waals surface area contributed by atoms with Crippen LogP contribution in [0.1, 0.15) is 26.7 Å². The third kappa shape index (κ3) is 2.82. The van der Waals surface area contributed by atoms with Crippen molar-refractivity contribution in [3.8, 4) is 0 Å². The third-order valence-electron chi connectivity index (χ3n) is 3.61. The number of amides is 1. The van der Waals surface area contributed by atoms with E-state index >= 15 is 0 Å². The first-order valence-electron chi connectivity index (χ1n) is 6.19. The number of rotatable bonds is 2. The van der Waals surface area contributed by atoms with Crippen molar-refractivity contribution >= 4 is 33.6 Å². The van der Waals surface area contributed by atoms with Crippen LogP contribution in [0, 0.1) is 0 Å². The number of nitrogens with zero attached hydrogens (tertiary/aromatic N) is 1. The molecule has 3 unspecified atom stereocenters. The van der Waals surface area contributed by atoms with Gasteiger partial charge in [0.1, 0.15) is 0 Å². The molecule has 3 nitrogen and oxygen atoms in total. The summed E-state index contributed by atoms with van der Waals surface area (Å²) in [5.41, 5.74) is 0. The standard InChI is InChI=1S/C12H20BrNO2S/c1-9-8-16-10(6-13)7-14(9)11(15)12(2)4-3-5-17-12/h9-10H,3-8H2,1-2H3. The predicted molar refractivity (Wildman–Crippen MR) is 74.8 cm³/mol. The fourth-order valence-corrected chi connectivity index (χ4v) is 4.11. The molecule has 2 aliphatic rings. The van der Waals surface area contributed by atoms with Crippen LogP contribution in [0.25, 0.3) is 0 Å². The van der Waals surface area contributed by atoms with Crippen molar-refractivity contribution in [3.05, 3.63) is 0 Å². The maximum atomic E-state index is 12.6. The molecule has 2 heterocycles. The first-order valence-corrected chi connectivity index (χ1v) is 8.30. The largest absolute Gasteiger partial charge is 0.373 e. The van der Waals surface area contributed by atoms with Crippen molar-refractivity contribution in [2.75, 3.05) is 24.2 Å². The molecule has 0 aliphatic carbocycles. The molecule has 17 heavy (non-hydrogen) atoms. The van der Waals surface area contributed by atoms with Crippen LogP contribution in [0.4, 0.5) is 0 Å². The van der Waals surface area contributed by atoms with Crippen molar-refractivity contribution in [2.24, 2.45) is 0 Å². The van der Waals surface area contributed by atoms with E-state index in [9.17, 15) is 4.79 Å². The predicted octanol–water partition coefficient (Wildman–Crippen LogP) is 2.28. The Labute approximate surface area is 116 Å². The number of morpholine rings is 1. The van der Waals surface area contributed by atoms with Crippen LogP contribution < -0.4 is 0 Å². The van der Waals surface area contributed by atoms with Crippen LogP contribution >= 0.6 is 27.7 Å². The molecule has 5 heteroatoms. The summed E-state index contributed by atoms with van der Waals surface area (Å²) in [6.45, 7) is 5.55. The van der Waals surface area contributed by atoms with E-state index in [1.54, 1.807) is 0 Å². The van der Waals surface area contributed by atoms with Crippen LogP contribution in [0.2, 0.25) is 0 Å². The van der Waals surface area contributed by atoms with Gasteiger partial charge in [-0.15, -0.1) is 11.8 Å². The number of hydrogen-bond acceptors (Lipinski definition) is 3. The molecule has 2 aliphatic heterocycles. The molecule has 0 bridgehead atoms. The van der Waals surface area contributed by atoms with Gasteiger partial charge in [0.05, 0.1) is 23.5 Å². The Kier molecular flexibility index (Phi) is 4.42. The summed E-state index contributed by atoms with van der Waals surface area (Å²) in [5.74, 6) is 1.42. The minimum absolute atomic E-state index is 0.144. The Morgan fingerprint density at radius 1 is 1.65 bits per heavy atom. The highest BCUT2D eigenvalue weighted by molar-refractivity contribution is 9.09. The van der Waals surface area contributed by atoms with Gasteiger partial charge in [-0.1, -0.05) is 15.9 Å². The molecule has 2 rings (SSSR count). The van der Waals surface area contributed by atoms with Crippen LogP contribution in [0.5, 0.6) is 0 Å². The molecule has 2 fully saturated rings. The molecule has 0 spiro atoms. The number of carbonyl (C=O) groups is 1.